The zero-order valence-corrected chi connectivity index (χ0v) is 17.6. The summed E-state index contributed by atoms with van der Waals surface area (Å²) in [6.07, 6.45) is 0. The Labute approximate surface area is 170 Å². The molecule has 1 unspecified atom stereocenters. The van der Waals surface area contributed by atoms with E-state index in [1.807, 2.05) is 61.1 Å². The molecule has 2 aliphatic rings. The molecule has 1 saturated heterocycles. The summed E-state index contributed by atoms with van der Waals surface area (Å²) in [4.78, 5) is 33.7. The number of aromatic nitrogens is 2. The number of urea groups is 1. The van der Waals surface area contributed by atoms with Gasteiger partial charge < -0.3 is 4.74 Å². The standard InChI is InChI=1S/C21H26N5O3/c1-12(2)11-24-19(27)17-18(23(5)21(24)28)22-20-25(13(3)14(4)26(17)20)15-8-7-9-16(10-15)29-6/h7-10,12,17H,11H2,1-6H3/q+1. The number of methoxy groups -OCH3 is 1. The Morgan fingerprint density at radius 1 is 1.24 bits per heavy atom. The van der Waals surface area contributed by atoms with E-state index in [9.17, 15) is 9.59 Å². The molecule has 1 fully saturated rings. The van der Waals surface area contributed by atoms with Crippen molar-refractivity contribution in [3.8, 4) is 11.4 Å². The number of likely N-dealkylation sites (N-methyl/N-ethyl adjacent to an activating group) is 1. The number of fused-ring (bicyclic) bond motifs is 3. The number of amides is 3. The third kappa shape index (κ3) is 2.73. The summed E-state index contributed by atoms with van der Waals surface area (Å²) < 4.78 is 9.30. The second-order valence-electron chi connectivity index (χ2n) is 7.93. The number of nitrogens with zero attached hydrogens (tertiary/aromatic N) is 5. The molecule has 3 heterocycles. The van der Waals surface area contributed by atoms with Crippen LogP contribution in [0.4, 0.5) is 10.7 Å². The van der Waals surface area contributed by atoms with Gasteiger partial charge in [-0.05, 0) is 31.9 Å². The molecule has 2 aromatic rings. The lowest BCUT2D eigenvalue weighted by molar-refractivity contribution is -0.682. The van der Waals surface area contributed by atoms with Crippen LogP contribution in [0, 0.1) is 19.8 Å². The van der Waals surface area contributed by atoms with Gasteiger partial charge in [-0.2, -0.15) is 4.57 Å². The molecule has 0 bridgehead atoms. The largest absolute Gasteiger partial charge is 0.497 e. The van der Waals surface area contributed by atoms with Crippen molar-refractivity contribution in [3.05, 3.63) is 35.7 Å². The van der Waals surface area contributed by atoms with Gasteiger partial charge in [0.25, 0.3) is 5.91 Å². The molecule has 152 valence electrons. The zero-order chi connectivity index (χ0) is 21.0. The second kappa shape index (κ2) is 6.72. The fourth-order valence-corrected chi connectivity index (χ4v) is 4.03. The van der Waals surface area contributed by atoms with Gasteiger partial charge in [0, 0.05) is 19.7 Å². The molecule has 8 nitrogen and oxygen atoms in total. The van der Waals surface area contributed by atoms with E-state index in [1.165, 1.54) is 9.80 Å². The molecule has 0 radical (unpaired) electrons. The van der Waals surface area contributed by atoms with Crippen LogP contribution in [-0.4, -0.2) is 52.8 Å². The molecule has 2 aliphatic heterocycles. The fraction of sp³-hybridized carbons (Fsp3) is 0.429. The molecule has 4 rings (SSSR count). The van der Waals surface area contributed by atoms with Gasteiger partial charge in [-0.3, -0.25) is 14.6 Å². The van der Waals surface area contributed by atoms with Crippen LogP contribution < -0.4 is 9.30 Å². The first-order chi connectivity index (χ1) is 13.8. The van der Waals surface area contributed by atoms with Crippen molar-refractivity contribution in [2.24, 2.45) is 10.9 Å². The summed E-state index contributed by atoms with van der Waals surface area (Å²) in [7, 11) is 3.31. The van der Waals surface area contributed by atoms with Crippen molar-refractivity contribution in [3.63, 3.8) is 0 Å². The topological polar surface area (TPSA) is 71.0 Å². The summed E-state index contributed by atoms with van der Waals surface area (Å²) in [6, 6.07) is 6.74. The molecule has 1 aromatic heterocycles. The maximum atomic E-state index is 13.3. The van der Waals surface area contributed by atoms with E-state index < -0.39 is 6.04 Å². The smallest absolute Gasteiger partial charge is 0.407 e. The molecule has 8 heteroatoms. The lowest BCUT2D eigenvalue weighted by atomic mass is 10.1. The van der Waals surface area contributed by atoms with E-state index >= 15 is 0 Å². The molecule has 0 N–H and O–H groups in total. The van der Waals surface area contributed by atoms with Crippen molar-refractivity contribution in [2.75, 3.05) is 20.7 Å². The first-order valence-electron chi connectivity index (χ1n) is 9.71. The fourth-order valence-electron chi connectivity index (χ4n) is 4.03. The lowest BCUT2D eigenvalue weighted by Crippen LogP contribution is -2.63. The van der Waals surface area contributed by atoms with E-state index in [2.05, 4.69) is 0 Å². The number of benzene rings is 1. The van der Waals surface area contributed by atoms with Crippen LogP contribution in [-0.2, 0) is 4.79 Å². The zero-order valence-electron chi connectivity index (χ0n) is 17.6. The number of ether oxygens (including phenoxy) is 1. The van der Waals surface area contributed by atoms with Crippen molar-refractivity contribution >= 4 is 23.7 Å². The summed E-state index contributed by atoms with van der Waals surface area (Å²) in [6.45, 7) is 8.35. The number of amidine groups is 1. The number of hydrogen-bond donors (Lipinski definition) is 0. The number of rotatable bonds is 4. The summed E-state index contributed by atoms with van der Waals surface area (Å²) in [5.41, 5.74) is 2.81. The minimum Gasteiger partial charge on any atom is -0.497 e. The van der Waals surface area contributed by atoms with E-state index in [-0.39, 0.29) is 17.9 Å². The highest BCUT2D eigenvalue weighted by Crippen LogP contribution is 2.33. The van der Waals surface area contributed by atoms with E-state index in [4.69, 9.17) is 9.73 Å². The minimum atomic E-state index is -0.628. The van der Waals surface area contributed by atoms with Gasteiger partial charge in [-0.25, -0.2) is 9.36 Å². The van der Waals surface area contributed by atoms with E-state index in [0.717, 1.165) is 22.8 Å². The molecule has 0 saturated carbocycles. The number of imidazole rings is 1. The molecular weight excluding hydrogens is 370 g/mol. The number of aliphatic imine (C=N–C) groups is 1. The van der Waals surface area contributed by atoms with E-state index in [1.54, 1.807) is 14.2 Å². The molecule has 3 amide bonds. The molecule has 0 aliphatic carbocycles. The lowest BCUT2D eigenvalue weighted by Gasteiger charge is -2.34. The average molecular weight is 396 g/mol. The second-order valence-corrected chi connectivity index (χ2v) is 7.93. The van der Waals surface area contributed by atoms with E-state index in [0.29, 0.717) is 18.3 Å². The first-order valence-corrected chi connectivity index (χ1v) is 9.71. The maximum absolute atomic E-state index is 13.3. The number of imide groups is 1. The third-order valence-corrected chi connectivity index (χ3v) is 5.57. The predicted octanol–water partition coefficient (Wildman–Crippen LogP) is 2.52. The van der Waals surface area contributed by atoms with Crippen molar-refractivity contribution in [1.29, 1.82) is 0 Å². The average Bonchev–Trinajstić information content (AvgIpc) is 3.19. The Hall–Kier alpha value is -3.16. The van der Waals surface area contributed by atoms with Gasteiger partial charge in [0.2, 0.25) is 11.9 Å². The van der Waals surface area contributed by atoms with Gasteiger partial charge in [-0.15, -0.1) is 0 Å². The minimum absolute atomic E-state index is 0.185. The summed E-state index contributed by atoms with van der Waals surface area (Å²) in [5.74, 6) is 1.80. The molecule has 29 heavy (non-hydrogen) atoms. The predicted molar refractivity (Wildman–Crippen MR) is 108 cm³/mol. The van der Waals surface area contributed by atoms with Crippen molar-refractivity contribution in [2.45, 2.75) is 33.7 Å². The van der Waals surface area contributed by atoms with Crippen LogP contribution in [0.15, 0.2) is 29.3 Å². The molecule has 1 aromatic carbocycles. The molecule has 0 spiro atoms. The van der Waals surface area contributed by atoms with Crippen LogP contribution in [0.2, 0.25) is 0 Å². The molecular formula is C21H26N5O3+. The van der Waals surface area contributed by atoms with Crippen molar-refractivity contribution in [1.82, 2.24) is 14.4 Å². The highest BCUT2D eigenvalue weighted by Gasteiger charge is 2.54. The Morgan fingerprint density at radius 3 is 2.62 bits per heavy atom. The summed E-state index contributed by atoms with van der Waals surface area (Å²) >= 11 is 0. The molecule has 1 atom stereocenters. The highest BCUT2D eigenvalue weighted by molar-refractivity contribution is 6.19. The Balaban J connectivity index is 1.88. The van der Waals surface area contributed by atoms with Crippen LogP contribution >= 0.6 is 0 Å². The number of carbonyl (C=O) groups is 2. The van der Waals surface area contributed by atoms with Crippen LogP contribution in [0.25, 0.3) is 5.69 Å². The van der Waals surface area contributed by atoms with Gasteiger partial charge in [0.1, 0.15) is 22.8 Å². The monoisotopic (exact) mass is 396 g/mol. The van der Waals surface area contributed by atoms with Gasteiger partial charge >= 0.3 is 12.0 Å². The Morgan fingerprint density at radius 2 is 1.97 bits per heavy atom. The summed E-state index contributed by atoms with van der Waals surface area (Å²) in [5, 5.41) is 0. The van der Waals surface area contributed by atoms with Crippen LogP contribution in [0.3, 0.4) is 0 Å². The normalized spacial score (nSPS) is 18.3. The Bertz CT molecular complexity index is 1050. The SMILES string of the molecule is COc1cccc(-n2c(C)c(C)[n+]3c2N=C2C3C(=O)N(CC(C)C)C(=O)N2C)c1. The number of carbonyl (C=O) groups excluding carboxylic acids is 2. The van der Waals surface area contributed by atoms with Gasteiger partial charge in [-0.1, -0.05) is 24.9 Å². The van der Waals surface area contributed by atoms with Crippen LogP contribution in [0.5, 0.6) is 5.75 Å². The van der Waals surface area contributed by atoms with Gasteiger partial charge in [0.15, 0.2) is 0 Å². The first kappa shape index (κ1) is 19.2. The van der Waals surface area contributed by atoms with Gasteiger partial charge in [0.05, 0.1) is 7.11 Å². The van der Waals surface area contributed by atoms with Crippen molar-refractivity contribution < 1.29 is 18.9 Å². The maximum Gasteiger partial charge on any atom is 0.407 e. The highest BCUT2D eigenvalue weighted by atomic mass is 16.5. The Kier molecular flexibility index (Phi) is 4.44. The third-order valence-electron chi connectivity index (χ3n) is 5.57. The number of hydrogen-bond acceptors (Lipinski definition) is 4. The quantitative estimate of drug-likeness (QED) is 0.746. The van der Waals surface area contributed by atoms with Crippen LogP contribution in [0.1, 0.15) is 31.3 Å².